The lowest BCUT2D eigenvalue weighted by atomic mass is 10.1. The number of anilines is 2. The highest BCUT2D eigenvalue weighted by Crippen LogP contribution is 2.24. The number of benzene rings is 2. The van der Waals surface area contributed by atoms with Crippen molar-refractivity contribution in [3.05, 3.63) is 65.0 Å². The van der Waals surface area contributed by atoms with Crippen molar-refractivity contribution in [2.24, 2.45) is 0 Å². The Morgan fingerprint density at radius 1 is 0.875 bits per heavy atom. The molecule has 2 aromatic heterocycles. The fraction of sp³-hybridized carbons (Fsp3) is 0. The molecule has 0 saturated heterocycles. The van der Waals surface area contributed by atoms with Gasteiger partial charge in [0.25, 0.3) is 5.56 Å². The molecule has 0 aliphatic heterocycles. The molecule has 0 radical (unpaired) electrons. The van der Waals surface area contributed by atoms with Crippen molar-refractivity contribution >= 4 is 22.9 Å². The van der Waals surface area contributed by atoms with Crippen LogP contribution in [0.15, 0.2) is 59.4 Å². The Balaban J connectivity index is 1.71. The molecule has 4 rings (SSSR count). The quantitative estimate of drug-likeness (QED) is 0.464. The molecule has 7 heteroatoms. The predicted octanol–water partition coefficient (Wildman–Crippen LogP) is 2.76. The number of para-hydroxylation sites is 2. The number of aromatic hydroxyl groups is 1. The maximum absolute atomic E-state index is 12.3. The molecule has 118 valence electrons. The summed E-state index contributed by atoms with van der Waals surface area (Å²) in [5.74, 6) is 0.186. The van der Waals surface area contributed by atoms with Crippen molar-refractivity contribution in [3.63, 3.8) is 0 Å². The molecular formula is C17H13N5O2. The van der Waals surface area contributed by atoms with Gasteiger partial charge in [-0.1, -0.05) is 42.5 Å². The Morgan fingerprint density at radius 2 is 1.58 bits per heavy atom. The van der Waals surface area contributed by atoms with Crippen LogP contribution in [0.3, 0.4) is 0 Å². The number of nitrogens with one attached hydrogen (secondary N) is 3. The van der Waals surface area contributed by atoms with Gasteiger partial charge < -0.3 is 10.1 Å². The van der Waals surface area contributed by atoms with Crippen molar-refractivity contribution in [2.75, 3.05) is 5.32 Å². The van der Waals surface area contributed by atoms with E-state index in [0.717, 1.165) is 11.0 Å². The van der Waals surface area contributed by atoms with Crippen molar-refractivity contribution in [1.82, 2.24) is 19.9 Å². The molecule has 0 amide bonds. The summed E-state index contributed by atoms with van der Waals surface area (Å²) in [5, 5.41) is 13.0. The third-order valence-corrected chi connectivity index (χ3v) is 3.59. The Bertz CT molecular complexity index is 1040. The lowest BCUT2D eigenvalue weighted by Gasteiger charge is -2.06. The molecule has 0 bridgehead atoms. The number of H-pyrrole nitrogens is 2. The maximum Gasteiger partial charge on any atom is 0.264 e. The minimum absolute atomic E-state index is 0.108. The van der Waals surface area contributed by atoms with Gasteiger partial charge in [0.15, 0.2) is 0 Å². The first kappa shape index (κ1) is 14.0. The van der Waals surface area contributed by atoms with Crippen LogP contribution in [0.2, 0.25) is 0 Å². The summed E-state index contributed by atoms with van der Waals surface area (Å²) in [6.07, 6.45) is 0. The second-order valence-electron chi connectivity index (χ2n) is 5.21. The van der Waals surface area contributed by atoms with E-state index < -0.39 is 5.56 Å². The topological polar surface area (TPSA) is 107 Å². The van der Waals surface area contributed by atoms with E-state index in [4.69, 9.17) is 0 Å². The zero-order valence-electron chi connectivity index (χ0n) is 12.4. The van der Waals surface area contributed by atoms with Crippen LogP contribution in [0.4, 0.5) is 11.9 Å². The van der Waals surface area contributed by atoms with Crippen LogP contribution in [0.5, 0.6) is 5.88 Å². The molecule has 0 spiro atoms. The fourth-order valence-corrected chi connectivity index (χ4v) is 2.51. The molecule has 4 N–H and O–H groups in total. The number of aromatic amines is 2. The normalized spacial score (nSPS) is 10.8. The third-order valence-electron chi connectivity index (χ3n) is 3.59. The van der Waals surface area contributed by atoms with Crippen LogP contribution in [-0.2, 0) is 0 Å². The monoisotopic (exact) mass is 319 g/mol. The molecule has 0 saturated carbocycles. The van der Waals surface area contributed by atoms with Crippen molar-refractivity contribution in [1.29, 1.82) is 0 Å². The summed E-state index contributed by atoms with van der Waals surface area (Å²) < 4.78 is 0. The second kappa shape index (κ2) is 5.54. The fourth-order valence-electron chi connectivity index (χ4n) is 2.51. The summed E-state index contributed by atoms with van der Waals surface area (Å²) >= 11 is 0. The molecule has 0 atom stereocenters. The Labute approximate surface area is 136 Å². The highest BCUT2D eigenvalue weighted by molar-refractivity contribution is 5.78. The summed E-state index contributed by atoms with van der Waals surface area (Å²) in [7, 11) is 0. The molecule has 0 aliphatic rings. The summed E-state index contributed by atoms with van der Waals surface area (Å²) in [4.78, 5) is 26.3. The van der Waals surface area contributed by atoms with E-state index in [0.29, 0.717) is 11.5 Å². The lowest BCUT2D eigenvalue weighted by molar-refractivity contribution is 0.454. The van der Waals surface area contributed by atoms with Gasteiger partial charge in [-0.15, -0.1) is 0 Å². The Morgan fingerprint density at radius 3 is 2.33 bits per heavy atom. The summed E-state index contributed by atoms with van der Waals surface area (Å²) in [5.41, 5.74) is 1.93. The van der Waals surface area contributed by atoms with Gasteiger partial charge in [-0.05, 0) is 17.7 Å². The number of hydrogen-bond donors (Lipinski definition) is 4. The minimum atomic E-state index is -0.438. The van der Waals surface area contributed by atoms with Crippen LogP contribution in [-0.4, -0.2) is 25.0 Å². The number of aromatic nitrogens is 4. The zero-order chi connectivity index (χ0) is 16.5. The standard InChI is InChI=1S/C17H13N5O2/c23-14-13(10-6-2-1-3-7-10)15(24)21-17(20-14)22-16-18-11-8-4-5-9-12(11)19-16/h1-9H,(H4,18,19,20,21,22,23,24). The highest BCUT2D eigenvalue weighted by Gasteiger charge is 2.13. The smallest absolute Gasteiger partial charge is 0.264 e. The first-order valence-electron chi connectivity index (χ1n) is 7.31. The number of nitrogens with zero attached hydrogens (tertiary/aromatic N) is 2. The molecule has 2 aromatic carbocycles. The number of rotatable bonds is 3. The number of fused-ring (bicyclic) bond motifs is 1. The van der Waals surface area contributed by atoms with Gasteiger partial charge in [-0.3, -0.25) is 15.1 Å². The zero-order valence-corrected chi connectivity index (χ0v) is 12.4. The van der Waals surface area contributed by atoms with Gasteiger partial charge in [-0.2, -0.15) is 4.98 Å². The van der Waals surface area contributed by atoms with Crippen molar-refractivity contribution in [3.8, 4) is 17.0 Å². The minimum Gasteiger partial charge on any atom is -0.493 e. The van der Waals surface area contributed by atoms with Gasteiger partial charge in [0.2, 0.25) is 17.8 Å². The summed E-state index contributed by atoms with van der Waals surface area (Å²) in [6.45, 7) is 0. The molecular weight excluding hydrogens is 306 g/mol. The summed E-state index contributed by atoms with van der Waals surface area (Å²) in [6, 6.07) is 16.4. The van der Waals surface area contributed by atoms with E-state index >= 15 is 0 Å². The third kappa shape index (κ3) is 2.48. The van der Waals surface area contributed by atoms with E-state index in [1.54, 1.807) is 24.3 Å². The van der Waals surface area contributed by atoms with E-state index in [1.165, 1.54) is 0 Å². The Hall–Kier alpha value is -3.61. The number of imidazole rings is 1. The number of hydrogen-bond acceptors (Lipinski definition) is 5. The average molecular weight is 319 g/mol. The van der Waals surface area contributed by atoms with Crippen LogP contribution in [0.25, 0.3) is 22.2 Å². The maximum atomic E-state index is 12.3. The van der Waals surface area contributed by atoms with E-state index in [1.807, 2.05) is 30.3 Å². The van der Waals surface area contributed by atoms with Gasteiger partial charge in [0, 0.05) is 0 Å². The lowest BCUT2D eigenvalue weighted by Crippen LogP contribution is -2.13. The van der Waals surface area contributed by atoms with Gasteiger partial charge in [0.05, 0.1) is 11.0 Å². The second-order valence-corrected chi connectivity index (χ2v) is 5.21. The van der Waals surface area contributed by atoms with Crippen LogP contribution in [0, 0.1) is 0 Å². The van der Waals surface area contributed by atoms with E-state index in [2.05, 4.69) is 25.3 Å². The molecule has 24 heavy (non-hydrogen) atoms. The Kier molecular flexibility index (Phi) is 3.24. The van der Waals surface area contributed by atoms with E-state index in [9.17, 15) is 9.90 Å². The molecule has 0 aliphatic carbocycles. The van der Waals surface area contributed by atoms with Crippen LogP contribution in [0.1, 0.15) is 0 Å². The first-order valence-corrected chi connectivity index (χ1v) is 7.31. The molecule has 7 nitrogen and oxygen atoms in total. The van der Waals surface area contributed by atoms with Gasteiger partial charge >= 0.3 is 0 Å². The van der Waals surface area contributed by atoms with Gasteiger partial charge in [0.1, 0.15) is 5.56 Å². The highest BCUT2D eigenvalue weighted by atomic mass is 16.3. The SMILES string of the molecule is O=c1[nH]c(Nc2nc3ccccc3[nH]2)nc(O)c1-c1ccccc1. The first-order chi connectivity index (χ1) is 11.7. The predicted molar refractivity (Wildman–Crippen MR) is 91.3 cm³/mol. The largest absolute Gasteiger partial charge is 0.493 e. The molecule has 2 heterocycles. The van der Waals surface area contributed by atoms with Gasteiger partial charge in [-0.25, -0.2) is 4.98 Å². The molecule has 0 unspecified atom stereocenters. The van der Waals surface area contributed by atoms with E-state index in [-0.39, 0.29) is 17.4 Å². The van der Waals surface area contributed by atoms with Crippen molar-refractivity contribution in [2.45, 2.75) is 0 Å². The van der Waals surface area contributed by atoms with Crippen molar-refractivity contribution < 1.29 is 5.11 Å². The molecule has 4 aromatic rings. The van der Waals surface area contributed by atoms with Crippen LogP contribution >= 0.6 is 0 Å². The van der Waals surface area contributed by atoms with Crippen LogP contribution < -0.4 is 10.9 Å². The molecule has 0 fully saturated rings. The average Bonchev–Trinajstić information content (AvgIpc) is 2.97.